The van der Waals surface area contributed by atoms with Gasteiger partial charge in [0.15, 0.2) is 5.79 Å². The van der Waals surface area contributed by atoms with Crippen LogP contribution in [0, 0.1) is 5.82 Å². The van der Waals surface area contributed by atoms with Gasteiger partial charge in [-0.25, -0.2) is 9.18 Å². The SMILES string of the molecule is CC1c2cc(-c3cn(C(=O)OC(C)(C)C)c4cc(F)ccc34)ccc2S(O)(O)N1CC1COC(C)(C)O1. The molecule has 2 aliphatic heterocycles. The Morgan fingerprint density at radius 1 is 1.22 bits per heavy atom. The summed E-state index contributed by atoms with van der Waals surface area (Å²) in [6.07, 6.45) is 0.742. The van der Waals surface area contributed by atoms with Crippen LogP contribution in [0.3, 0.4) is 0 Å². The van der Waals surface area contributed by atoms with Gasteiger partial charge in [0.1, 0.15) is 11.4 Å². The van der Waals surface area contributed by atoms with Gasteiger partial charge in [0.2, 0.25) is 0 Å². The van der Waals surface area contributed by atoms with Gasteiger partial charge >= 0.3 is 6.09 Å². The molecular weight excluding hydrogens is 499 g/mol. The fourth-order valence-corrected chi connectivity index (χ4v) is 6.98. The zero-order valence-corrected chi connectivity index (χ0v) is 22.6. The van der Waals surface area contributed by atoms with Crippen molar-refractivity contribution in [3.05, 3.63) is 54.0 Å². The van der Waals surface area contributed by atoms with Crippen molar-refractivity contribution in [3.63, 3.8) is 0 Å². The Morgan fingerprint density at radius 3 is 2.59 bits per heavy atom. The summed E-state index contributed by atoms with van der Waals surface area (Å²) in [4.78, 5) is 13.4. The first-order valence-electron chi connectivity index (χ1n) is 12.2. The highest BCUT2D eigenvalue weighted by molar-refractivity contribution is 8.22. The molecule has 2 aromatic carbocycles. The predicted molar refractivity (Wildman–Crippen MR) is 140 cm³/mol. The normalized spacial score (nSPS) is 23.8. The van der Waals surface area contributed by atoms with Gasteiger partial charge in [-0.1, -0.05) is 6.07 Å². The molecule has 5 rings (SSSR count). The quantitative estimate of drug-likeness (QED) is 0.384. The number of fused-ring (bicyclic) bond motifs is 2. The molecule has 200 valence electrons. The molecular formula is C27H33FN2O6S. The van der Waals surface area contributed by atoms with E-state index in [0.717, 1.165) is 11.1 Å². The van der Waals surface area contributed by atoms with E-state index in [4.69, 9.17) is 14.2 Å². The van der Waals surface area contributed by atoms with E-state index in [1.54, 1.807) is 49.5 Å². The molecule has 1 aromatic heterocycles. The average Bonchev–Trinajstić information content (AvgIpc) is 3.39. The van der Waals surface area contributed by atoms with Crippen LogP contribution in [0.4, 0.5) is 9.18 Å². The van der Waals surface area contributed by atoms with Gasteiger partial charge in [-0.3, -0.25) is 13.7 Å². The number of aromatic nitrogens is 1. The van der Waals surface area contributed by atoms with Crippen LogP contribution in [0.15, 0.2) is 47.5 Å². The highest BCUT2D eigenvalue weighted by Crippen LogP contribution is 2.63. The van der Waals surface area contributed by atoms with E-state index < -0.39 is 34.1 Å². The Kier molecular flexibility index (Phi) is 6.21. The molecule has 2 aliphatic rings. The molecule has 10 heteroatoms. The maximum Gasteiger partial charge on any atom is 0.419 e. The molecule has 0 bridgehead atoms. The molecule has 0 saturated carbocycles. The lowest BCUT2D eigenvalue weighted by molar-refractivity contribution is -0.139. The highest BCUT2D eigenvalue weighted by atomic mass is 32.3. The minimum absolute atomic E-state index is 0.292. The van der Waals surface area contributed by atoms with Crippen molar-refractivity contribution >= 4 is 27.8 Å². The molecule has 1 saturated heterocycles. The van der Waals surface area contributed by atoms with Crippen LogP contribution < -0.4 is 0 Å². The van der Waals surface area contributed by atoms with Crippen LogP contribution in [0.25, 0.3) is 22.0 Å². The van der Waals surface area contributed by atoms with Crippen molar-refractivity contribution in [2.75, 3.05) is 13.2 Å². The second kappa shape index (κ2) is 8.79. The molecule has 0 spiro atoms. The van der Waals surface area contributed by atoms with Crippen molar-refractivity contribution in [1.29, 1.82) is 0 Å². The summed E-state index contributed by atoms with van der Waals surface area (Å²) in [6, 6.07) is 9.40. The molecule has 37 heavy (non-hydrogen) atoms. The number of nitrogens with zero attached hydrogens (tertiary/aromatic N) is 2. The van der Waals surface area contributed by atoms with Crippen molar-refractivity contribution in [2.45, 2.75) is 70.0 Å². The van der Waals surface area contributed by atoms with E-state index in [-0.39, 0.29) is 12.1 Å². The van der Waals surface area contributed by atoms with E-state index in [1.807, 2.05) is 26.8 Å². The lowest BCUT2D eigenvalue weighted by Gasteiger charge is -2.40. The second-order valence-electron chi connectivity index (χ2n) is 11.1. The third-order valence-electron chi connectivity index (χ3n) is 6.63. The molecule has 1 fully saturated rings. The summed E-state index contributed by atoms with van der Waals surface area (Å²) in [5.74, 6) is -1.17. The maximum atomic E-state index is 14.2. The summed E-state index contributed by atoms with van der Waals surface area (Å²) < 4.78 is 56.6. The van der Waals surface area contributed by atoms with Gasteiger partial charge < -0.3 is 14.2 Å². The van der Waals surface area contributed by atoms with Crippen LogP contribution in [0.1, 0.15) is 53.1 Å². The van der Waals surface area contributed by atoms with Crippen molar-refractivity contribution in [3.8, 4) is 11.1 Å². The van der Waals surface area contributed by atoms with E-state index in [0.29, 0.717) is 34.5 Å². The summed E-state index contributed by atoms with van der Waals surface area (Å²) in [5, 5.41) is 0.681. The largest absolute Gasteiger partial charge is 0.443 e. The molecule has 2 atom stereocenters. The minimum Gasteiger partial charge on any atom is -0.443 e. The Labute approximate surface area is 217 Å². The third-order valence-corrected chi connectivity index (χ3v) is 8.71. The standard InChI is InChI=1S/C27H33FN2O6S/c1-16-21-11-17(7-10-24(21)37(32,33)30(16)13-19-15-34-27(5,6)35-19)22-14-29(25(31)36-26(2,3)4)23-12-18(28)8-9-20(22)23/h7-12,14,16,19,32-33H,13,15H2,1-6H3. The number of benzene rings is 2. The summed E-state index contributed by atoms with van der Waals surface area (Å²) >= 11 is 0. The van der Waals surface area contributed by atoms with Gasteiger partial charge in [0.05, 0.1) is 29.2 Å². The van der Waals surface area contributed by atoms with Gasteiger partial charge in [-0.15, -0.1) is 10.8 Å². The first kappa shape index (κ1) is 26.1. The Hall–Kier alpha value is -2.47. The predicted octanol–water partition coefficient (Wildman–Crippen LogP) is 6.78. The summed E-state index contributed by atoms with van der Waals surface area (Å²) in [6.45, 7) is 11.6. The average molecular weight is 533 g/mol. The molecule has 8 nitrogen and oxygen atoms in total. The Bertz CT molecular complexity index is 1380. The first-order valence-corrected chi connectivity index (χ1v) is 13.7. The zero-order valence-electron chi connectivity index (χ0n) is 21.8. The van der Waals surface area contributed by atoms with Crippen LogP contribution in [-0.4, -0.2) is 54.7 Å². The monoisotopic (exact) mass is 532 g/mol. The van der Waals surface area contributed by atoms with Crippen molar-refractivity contribution in [2.24, 2.45) is 0 Å². The number of hydrogen-bond acceptors (Lipinski definition) is 7. The number of carbonyl (C=O) groups is 1. The number of carbonyl (C=O) groups excluding carboxylic acids is 1. The number of rotatable bonds is 3. The van der Waals surface area contributed by atoms with Crippen LogP contribution in [-0.2, 0) is 14.2 Å². The fourth-order valence-electron chi connectivity index (χ4n) is 5.00. The lowest BCUT2D eigenvalue weighted by atomic mass is 9.99. The van der Waals surface area contributed by atoms with Crippen LogP contribution >= 0.6 is 10.8 Å². The fraction of sp³-hybridized carbons (Fsp3) is 0.444. The van der Waals surface area contributed by atoms with Gasteiger partial charge in [0, 0.05) is 23.7 Å². The maximum absolute atomic E-state index is 14.2. The Morgan fingerprint density at radius 2 is 1.95 bits per heavy atom. The third kappa shape index (κ3) is 4.78. The second-order valence-corrected chi connectivity index (χ2v) is 13.0. The van der Waals surface area contributed by atoms with Crippen LogP contribution in [0.2, 0.25) is 0 Å². The molecule has 0 aliphatic carbocycles. The first-order chi connectivity index (χ1) is 17.2. The summed E-state index contributed by atoms with van der Waals surface area (Å²) in [5.41, 5.74) is 1.93. The van der Waals surface area contributed by atoms with E-state index in [2.05, 4.69) is 0 Å². The van der Waals surface area contributed by atoms with Crippen molar-refractivity contribution < 1.29 is 32.5 Å². The number of hydrogen-bond donors (Lipinski definition) is 2. The zero-order chi connectivity index (χ0) is 26.9. The molecule has 2 unspecified atom stereocenters. The number of halogens is 1. The van der Waals surface area contributed by atoms with Gasteiger partial charge in [0.25, 0.3) is 0 Å². The number of ether oxygens (including phenoxy) is 3. The smallest absolute Gasteiger partial charge is 0.419 e. The lowest BCUT2D eigenvalue weighted by Crippen LogP contribution is -2.34. The highest BCUT2D eigenvalue weighted by Gasteiger charge is 2.44. The summed E-state index contributed by atoms with van der Waals surface area (Å²) in [7, 11) is -3.23. The molecule has 2 N–H and O–H groups in total. The van der Waals surface area contributed by atoms with E-state index in [9.17, 15) is 18.3 Å². The molecule has 3 aromatic rings. The Balaban J connectivity index is 1.53. The van der Waals surface area contributed by atoms with Crippen molar-refractivity contribution in [1.82, 2.24) is 8.87 Å². The van der Waals surface area contributed by atoms with Gasteiger partial charge in [-0.2, -0.15) is 4.31 Å². The molecule has 3 heterocycles. The van der Waals surface area contributed by atoms with Crippen LogP contribution in [0.5, 0.6) is 0 Å². The van der Waals surface area contributed by atoms with E-state index >= 15 is 0 Å². The van der Waals surface area contributed by atoms with Gasteiger partial charge in [-0.05, 0) is 83.0 Å². The molecule has 0 radical (unpaired) electrons. The minimum atomic E-state index is -3.23. The van der Waals surface area contributed by atoms with E-state index in [1.165, 1.54) is 16.7 Å². The topological polar surface area (TPSA) is 93.4 Å². The molecule has 0 amide bonds.